The van der Waals surface area contributed by atoms with Crippen molar-refractivity contribution in [3.05, 3.63) is 27.9 Å². The van der Waals surface area contributed by atoms with Crippen LogP contribution in [0.15, 0.2) is 12.1 Å². The summed E-state index contributed by atoms with van der Waals surface area (Å²) in [6.45, 7) is 2.03. The zero-order valence-corrected chi connectivity index (χ0v) is 8.73. The van der Waals surface area contributed by atoms with Gasteiger partial charge in [0.05, 0.1) is 5.02 Å². The van der Waals surface area contributed by atoms with Gasteiger partial charge in [-0.1, -0.05) is 42.3 Å². The van der Waals surface area contributed by atoms with Crippen LogP contribution in [0.25, 0.3) is 6.08 Å². The smallest absolute Gasteiger partial charge is 0.133 e. The van der Waals surface area contributed by atoms with Crippen LogP contribution in [0.4, 0.5) is 5.82 Å². The van der Waals surface area contributed by atoms with Gasteiger partial charge in [0.1, 0.15) is 11.0 Å². The van der Waals surface area contributed by atoms with E-state index in [1.807, 2.05) is 19.1 Å². The molecule has 1 rings (SSSR count). The Labute approximate surface area is 87.4 Å². The molecule has 0 aromatic carbocycles. The molecule has 0 aliphatic rings. The van der Waals surface area contributed by atoms with E-state index in [1.165, 1.54) is 0 Å². The maximum atomic E-state index is 5.91. The fraction of sp³-hybridized carbons (Fsp3) is 0.222. The lowest BCUT2D eigenvalue weighted by Gasteiger charge is -2.02. The summed E-state index contributed by atoms with van der Waals surface area (Å²) in [6.07, 6.45) is 4.74. The first-order valence-electron chi connectivity index (χ1n) is 3.93. The fourth-order valence-electron chi connectivity index (χ4n) is 0.913. The molecule has 0 saturated heterocycles. The van der Waals surface area contributed by atoms with Crippen LogP contribution in [0.5, 0.6) is 0 Å². The molecule has 0 saturated carbocycles. The van der Waals surface area contributed by atoms with Crippen molar-refractivity contribution in [1.82, 2.24) is 4.98 Å². The van der Waals surface area contributed by atoms with Crippen molar-refractivity contribution in [3.8, 4) is 0 Å². The number of pyridine rings is 1. The molecule has 13 heavy (non-hydrogen) atoms. The molecule has 1 aromatic rings. The molecule has 2 nitrogen and oxygen atoms in total. The number of hydrogen-bond donors (Lipinski definition) is 1. The monoisotopic (exact) mass is 216 g/mol. The lowest BCUT2D eigenvalue weighted by Crippen LogP contribution is -1.94. The number of nitrogen functional groups attached to an aromatic ring is 1. The molecule has 1 aromatic heterocycles. The summed E-state index contributed by atoms with van der Waals surface area (Å²) in [7, 11) is 0. The molecule has 0 unspecified atom stereocenters. The first-order valence-corrected chi connectivity index (χ1v) is 4.68. The molecule has 0 spiro atoms. The van der Waals surface area contributed by atoms with Crippen LogP contribution >= 0.6 is 23.2 Å². The number of hydrogen-bond acceptors (Lipinski definition) is 2. The zero-order valence-electron chi connectivity index (χ0n) is 7.22. The first kappa shape index (κ1) is 10.4. The number of rotatable bonds is 2. The van der Waals surface area contributed by atoms with Gasteiger partial charge in [-0.15, -0.1) is 0 Å². The standard InChI is InChI=1S/C9H10Cl2N2/c1-2-3-4-6-7(10)5-8(11)13-9(6)12/h3-5H,2H2,1H3,(H2,12,13)/b4-3-. The topological polar surface area (TPSA) is 38.9 Å². The Morgan fingerprint density at radius 3 is 2.77 bits per heavy atom. The second-order valence-electron chi connectivity index (χ2n) is 2.54. The second kappa shape index (κ2) is 4.49. The van der Waals surface area contributed by atoms with Gasteiger partial charge in [-0.2, -0.15) is 0 Å². The molecule has 70 valence electrons. The van der Waals surface area contributed by atoms with Crippen molar-refractivity contribution in [2.24, 2.45) is 0 Å². The van der Waals surface area contributed by atoms with Crippen molar-refractivity contribution in [2.75, 3.05) is 5.73 Å². The average Bonchev–Trinajstić information content (AvgIpc) is 2.02. The summed E-state index contributed by atoms with van der Waals surface area (Å²) in [4.78, 5) is 3.89. The van der Waals surface area contributed by atoms with E-state index >= 15 is 0 Å². The Hall–Kier alpha value is -0.730. The number of nitrogens with zero attached hydrogens (tertiary/aromatic N) is 1. The van der Waals surface area contributed by atoms with Crippen LogP contribution in [0.3, 0.4) is 0 Å². The second-order valence-corrected chi connectivity index (χ2v) is 3.33. The highest BCUT2D eigenvalue weighted by Gasteiger charge is 2.04. The summed E-state index contributed by atoms with van der Waals surface area (Å²) in [5, 5.41) is 0.846. The van der Waals surface area contributed by atoms with Gasteiger partial charge in [-0.05, 0) is 12.5 Å². The van der Waals surface area contributed by atoms with Crippen molar-refractivity contribution in [1.29, 1.82) is 0 Å². The third-order valence-electron chi connectivity index (χ3n) is 1.53. The molecule has 0 fully saturated rings. The summed E-state index contributed by atoms with van der Waals surface area (Å²) in [5.74, 6) is 0.363. The molecule has 0 atom stereocenters. The minimum Gasteiger partial charge on any atom is -0.383 e. The number of anilines is 1. The average molecular weight is 217 g/mol. The van der Waals surface area contributed by atoms with Gasteiger partial charge in [0.15, 0.2) is 0 Å². The van der Waals surface area contributed by atoms with E-state index in [0.29, 0.717) is 16.0 Å². The normalized spacial score (nSPS) is 11.0. The highest BCUT2D eigenvalue weighted by Crippen LogP contribution is 2.25. The largest absolute Gasteiger partial charge is 0.383 e. The van der Waals surface area contributed by atoms with Gasteiger partial charge in [0, 0.05) is 5.56 Å². The summed E-state index contributed by atoms with van der Waals surface area (Å²) in [5.41, 5.74) is 6.36. The summed E-state index contributed by atoms with van der Waals surface area (Å²) < 4.78 is 0. The van der Waals surface area contributed by atoms with E-state index in [0.717, 1.165) is 12.0 Å². The Bertz CT molecular complexity index is 311. The van der Waals surface area contributed by atoms with E-state index in [2.05, 4.69) is 4.98 Å². The molecular formula is C9H10Cl2N2. The van der Waals surface area contributed by atoms with Crippen LogP contribution in [0.1, 0.15) is 18.9 Å². The zero-order chi connectivity index (χ0) is 9.84. The third kappa shape index (κ3) is 2.61. The van der Waals surface area contributed by atoms with Crippen molar-refractivity contribution in [2.45, 2.75) is 13.3 Å². The van der Waals surface area contributed by atoms with Crippen LogP contribution in [-0.2, 0) is 0 Å². The Kier molecular flexibility index (Phi) is 3.58. The molecule has 0 bridgehead atoms. The molecule has 0 aliphatic heterocycles. The van der Waals surface area contributed by atoms with Gasteiger partial charge < -0.3 is 5.73 Å². The van der Waals surface area contributed by atoms with Crippen LogP contribution in [-0.4, -0.2) is 4.98 Å². The number of aromatic nitrogens is 1. The van der Waals surface area contributed by atoms with E-state index in [9.17, 15) is 0 Å². The Morgan fingerprint density at radius 1 is 1.54 bits per heavy atom. The predicted molar refractivity (Wildman–Crippen MR) is 58.0 cm³/mol. The lowest BCUT2D eigenvalue weighted by molar-refractivity contribution is 1.23. The van der Waals surface area contributed by atoms with Crippen LogP contribution in [0, 0.1) is 0 Å². The van der Waals surface area contributed by atoms with Crippen molar-refractivity contribution >= 4 is 35.1 Å². The molecular weight excluding hydrogens is 207 g/mol. The fourth-order valence-corrected chi connectivity index (χ4v) is 1.43. The van der Waals surface area contributed by atoms with Gasteiger partial charge in [-0.3, -0.25) is 0 Å². The number of allylic oxidation sites excluding steroid dienone is 1. The SMILES string of the molecule is CC/C=C\c1c(Cl)cc(Cl)nc1N. The van der Waals surface area contributed by atoms with E-state index in [-0.39, 0.29) is 0 Å². The van der Waals surface area contributed by atoms with Gasteiger partial charge >= 0.3 is 0 Å². The van der Waals surface area contributed by atoms with Crippen LogP contribution < -0.4 is 5.73 Å². The Morgan fingerprint density at radius 2 is 2.23 bits per heavy atom. The molecule has 4 heteroatoms. The maximum Gasteiger partial charge on any atom is 0.133 e. The molecule has 0 aliphatic carbocycles. The molecule has 0 amide bonds. The van der Waals surface area contributed by atoms with Gasteiger partial charge in [0.2, 0.25) is 0 Å². The van der Waals surface area contributed by atoms with Gasteiger partial charge in [0.25, 0.3) is 0 Å². The molecule has 0 radical (unpaired) electrons. The summed E-state index contributed by atoms with van der Waals surface area (Å²) in [6, 6.07) is 1.58. The van der Waals surface area contributed by atoms with E-state index in [1.54, 1.807) is 6.07 Å². The first-order chi connectivity index (χ1) is 6.15. The van der Waals surface area contributed by atoms with E-state index in [4.69, 9.17) is 28.9 Å². The number of halogens is 2. The van der Waals surface area contributed by atoms with Crippen molar-refractivity contribution < 1.29 is 0 Å². The quantitative estimate of drug-likeness (QED) is 0.771. The van der Waals surface area contributed by atoms with Crippen molar-refractivity contribution in [3.63, 3.8) is 0 Å². The Balaban J connectivity index is 3.13. The van der Waals surface area contributed by atoms with Gasteiger partial charge in [-0.25, -0.2) is 4.98 Å². The van der Waals surface area contributed by atoms with Crippen LogP contribution in [0.2, 0.25) is 10.2 Å². The third-order valence-corrected chi connectivity index (χ3v) is 2.03. The minimum absolute atomic E-state index is 0.316. The maximum absolute atomic E-state index is 5.91. The number of nitrogens with two attached hydrogens (primary N) is 1. The molecule has 2 N–H and O–H groups in total. The summed E-state index contributed by atoms with van der Waals surface area (Å²) >= 11 is 11.6. The predicted octanol–water partition coefficient (Wildman–Crippen LogP) is 3.39. The van der Waals surface area contributed by atoms with E-state index < -0.39 is 0 Å². The highest BCUT2D eigenvalue weighted by atomic mass is 35.5. The minimum atomic E-state index is 0.316. The lowest BCUT2D eigenvalue weighted by atomic mass is 10.2. The highest BCUT2D eigenvalue weighted by molar-refractivity contribution is 6.35. The molecule has 1 heterocycles.